The standard InChI is InChI=1S/C17H19NO/c1-12-4-3-5-14(8-12)10-15-11-18-16-7-6-13(2)9-17(16)19-15/h3-9,15,18H,10-11H2,1-2H3. The molecular formula is C17H19NO. The maximum Gasteiger partial charge on any atom is 0.143 e. The van der Waals surface area contributed by atoms with Crippen LogP contribution in [-0.4, -0.2) is 12.6 Å². The van der Waals surface area contributed by atoms with Crippen molar-refractivity contribution in [2.45, 2.75) is 26.4 Å². The number of nitrogens with one attached hydrogen (secondary N) is 1. The molecule has 1 heterocycles. The largest absolute Gasteiger partial charge is 0.486 e. The topological polar surface area (TPSA) is 21.3 Å². The lowest BCUT2D eigenvalue weighted by Gasteiger charge is -2.27. The molecule has 2 aromatic carbocycles. The van der Waals surface area contributed by atoms with Gasteiger partial charge in [0.1, 0.15) is 11.9 Å². The van der Waals surface area contributed by atoms with E-state index in [1.165, 1.54) is 16.7 Å². The molecule has 1 N–H and O–H groups in total. The molecule has 0 spiro atoms. The molecule has 0 amide bonds. The first-order chi connectivity index (χ1) is 9.20. The first kappa shape index (κ1) is 12.1. The molecule has 1 atom stereocenters. The number of anilines is 1. The molecule has 0 aliphatic carbocycles. The maximum absolute atomic E-state index is 6.09. The van der Waals surface area contributed by atoms with Gasteiger partial charge in [0.15, 0.2) is 0 Å². The molecule has 98 valence electrons. The van der Waals surface area contributed by atoms with Crippen molar-refractivity contribution in [2.24, 2.45) is 0 Å². The fraction of sp³-hybridized carbons (Fsp3) is 0.294. The zero-order valence-corrected chi connectivity index (χ0v) is 11.4. The molecule has 1 aliphatic rings. The lowest BCUT2D eigenvalue weighted by atomic mass is 10.0. The van der Waals surface area contributed by atoms with Crippen LogP contribution in [-0.2, 0) is 6.42 Å². The SMILES string of the molecule is Cc1cccc(CC2CNc3ccc(C)cc3O2)c1. The molecular weight excluding hydrogens is 234 g/mol. The third kappa shape index (κ3) is 2.73. The third-order valence-electron chi connectivity index (χ3n) is 3.50. The Labute approximate surface area is 114 Å². The molecule has 0 saturated carbocycles. The molecule has 0 radical (unpaired) electrons. The van der Waals surface area contributed by atoms with Gasteiger partial charge in [-0.3, -0.25) is 0 Å². The summed E-state index contributed by atoms with van der Waals surface area (Å²) in [6, 6.07) is 14.9. The van der Waals surface area contributed by atoms with Crippen LogP contribution in [0.5, 0.6) is 5.75 Å². The summed E-state index contributed by atoms with van der Waals surface area (Å²) in [6.07, 6.45) is 1.15. The van der Waals surface area contributed by atoms with Gasteiger partial charge in [0, 0.05) is 6.42 Å². The Morgan fingerprint density at radius 2 is 1.95 bits per heavy atom. The number of fused-ring (bicyclic) bond motifs is 1. The van der Waals surface area contributed by atoms with Crippen LogP contribution in [0.2, 0.25) is 0 Å². The third-order valence-corrected chi connectivity index (χ3v) is 3.50. The highest BCUT2D eigenvalue weighted by molar-refractivity contribution is 5.59. The van der Waals surface area contributed by atoms with Crippen LogP contribution >= 0.6 is 0 Å². The zero-order chi connectivity index (χ0) is 13.2. The van der Waals surface area contributed by atoms with Gasteiger partial charge in [0.25, 0.3) is 0 Å². The van der Waals surface area contributed by atoms with E-state index in [0.29, 0.717) is 0 Å². The van der Waals surface area contributed by atoms with Gasteiger partial charge < -0.3 is 10.1 Å². The highest BCUT2D eigenvalue weighted by atomic mass is 16.5. The quantitative estimate of drug-likeness (QED) is 0.880. The zero-order valence-electron chi connectivity index (χ0n) is 11.4. The molecule has 19 heavy (non-hydrogen) atoms. The van der Waals surface area contributed by atoms with Gasteiger partial charge in [0.05, 0.1) is 12.2 Å². The molecule has 1 aliphatic heterocycles. The van der Waals surface area contributed by atoms with E-state index in [2.05, 4.69) is 61.6 Å². The number of hydrogen-bond donors (Lipinski definition) is 1. The van der Waals surface area contributed by atoms with Crippen molar-refractivity contribution in [3.63, 3.8) is 0 Å². The van der Waals surface area contributed by atoms with Gasteiger partial charge in [-0.25, -0.2) is 0 Å². The molecule has 0 fully saturated rings. The predicted octanol–water partition coefficient (Wildman–Crippen LogP) is 3.72. The van der Waals surface area contributed by atoms with E-state index < -0.39 is 0 Å². The van der Waals surface area contributed by atoms with Gasteiger partial charge in [-0.1, -0.05) is 35.9 Å². The van der Waals surface area contributed by atoms with Crippen molar-refractivity contribution in [1.82, 2.24) is 0 Å². The normalized spacial score (nSPS) is 17.3. The first-order valence-corrected chi connectivity index (χ1v) is 6.77. The summed E-state index contributed by atoms with van der Waals surface area (Å²) < 4.78 is 6.09. The molecule has 0 saturated heterocycles. The van der Waals surface area contributed by atoms with E-state index in [0.717, 1.165) is 24.4 Å². The first-order valence-electron chi connectivity index (χ1n) is 6.77. The second-order valence-electron chi connectivity index (χ2n) is 5.31. The lowest BCUT2D eigenvalue weighted by molar-refractivity contribution is 0.206. The summed E-state index contributed by atoms with van der Waals surface area (Å²) in [4.78, 5) is 0. The van der Waals surface area contributed by atoms with Gasteiger partial charge >= 0.3 is 0 Å². The van der Waals surface area contributed by atoms with E-state index in [9.17, 15) is 0 Å². The van der Waals surface area contributed by atoms with Crippen molar-refractivity contribution in [2.75, 3.05) is 11.9 Å². The Morgan fingerprint density at radius 1 is 1.11 bits per heavy atom. The highest BCUT2D eigenvalue weighted by Gasteiger charge is 2.19. The Hall–Kier alpha value is -1.96. The number of benzene rings is 2. The summed E-state index contributed by atoms with van der Waals surface area (Å²) in [7, 11) is 0. The van der Waals surface area contributed by atoms with Crippen molar-refractivity contribution in [1.29, 1.82) is 0 Å². The summed E-state index contributed by atoms with van der Waals surface area (Å²) >= 11 is 0. The Morgan fingerprint density at radius 3 is 2.79 bits per heavy atom. The average molecular weight is 253 g/mol. The average Bonchev–Trinajstić information content (AvgIpc) is 2.38. The van der Waals surface area contributed by atoms with Crippen molar-refractivity contribution >= 4 is 5.69 Å². The fourth-order valence-electron chi connectivity index (χ4n) is 2.53. The molecule has 2 aromatic rings. The van der Waals surface area contributed by atoms with Crippen LogP contribution in [0, 0.1) is 13.8 Å². The van der Waals surface area contributed by atoms with E-state index >= 15 is 0 Å². The summed E-state index contributed by atoms with van der Waals surface area (Å²) in [5.41, 5.74) is 4.98. The minimum absolute atomic E-state index is 0.205. The minimum atomic E-state index is 0.205. The monoisotopic (exact) mass is 253 g/mol. The van der Waals surface area contributed by atoms with E-state index in [1.54, 1.807) is 0 Å². The predicted molar refractivity (Wildman–Crippen MR) is 79.0 cm³/mol. The molecule has 0 aromatic heterocycles. The number of aryl methyl sites for hydroxylation is 2. The second kappa shape index (κ2) is 4.96. The van der Waals surface area contributed by atoms with Crippen LogP contribution in [0.15, 0.2) is 42.5 Å². The number of hydrogen-bond acceptors (Lipinski definition) is 2. The summed E-state index contributed by atoms with van der Waals surface area (Å²) in [5, 5.41) is 3.45. The molecule has 2 nitrogen and oxygen atoms in total. The highest BCUT2D eigenvalue weighted by Crippen LogP contribution is 2.30. The van der Waals surface area contributed by atoms with Crippen LogP contribution in [0.25, 0.3) is 0 Å². The smallest absolute Gasteiger partial charge is 0.143 e. The summed E-state index contributed by atoms with van der Waals surface area (Å²) in [5.74, 6) is 0.976. The molecule has 3 rings (SSSR count). The van der Waals surface area contributed by atoms with Crippen LogP contribution in [0.4, 0.5) is 5.69 Å². The Bertz CT molecular complexity index is 592. The number of rotatable bonds is 2. The minimum Gasteiger partial charge on any atom is -0.486 e. The molecule has 1 unspecified atom stereocenters. The van der Waals surface area contributed by atoms with Crippen molar-refractivity contribution < 1.29 is 4.74 Å². The van der Waals surface area contributed by atoms with Crippen LogP contribution in [0.3, 0.4) is 0 Å². The van der Waals surface area contributed by atoms with Gasteiger partial charge in [0.2, 0.25) is 0 Å². The van der Waals surface area contributed by atoms with Gasteiger partial charge in [-0.15, -0.1) is 0 Å². The van der Waals surface area contributed by atoms with Gasteiger partial charge in [-0.2, -0.15) is 0 Å². The van der Waals surface area contributed by atoms with E-state index in [1.807, 2.05) is 0 Å². The Kier molecular flexibility index (Phi) is 3.16. The summed E-state index contributed by atoms with van der Waals surface area (Å²) in [6.45, 7) is 5.08. The second-order valence-corrected chi connectivity index (χ2v) is 5.31. The molecule has 0 bridgehead atoms. The maximum atomic E-state index is 6.09. The van der Waals surface area contributed by atoms with Crippen LogP contribution in [0.1, 0.15) is 16.7 Å². The van der Waals surface area contributed by atoms with Crippen molar-refractivity contribution in [3.8, 4) is 5.75 Å². The molecule has 2 heteroatoms. The Balaban J connectivity index is 1.75. The fourth-order valence-corrected chi connectivity index (χ4v) is 2.53. The van der Waals surface area contributed by atoms with Gasteiger partial charge in [-0.05, 0) is 37.1 Å². The van der Waals surface area contributed by atoms with E-state index in [4.69, 9.17) is 4.74 Å². The number of ether oxygens (including phenoxy) is 1. The van der Waals surface area contributed by atoms with Crippen molar-refractivity contribution in [3.05, 3.63) is 59.2 Å². The van der Waals surface area contributed by atoms with E-state index in [-0.39, 0.29) is 6.10 Å². The lowest BCUT2D eigenvalue weighted by Crippen LogP contribution is -2.32. The van der Waals surface area contributed by atoms with Crippen LogP contribution < -0.4 is 10.1 Å².